The van der Waals surface area contributed by atoms with Crippen LogP contribution in [0.25, 0.3) is 0 Å². The number of hydrogen-bond donors (Lipinski definition) is 3. The number of methoxy groups -OCH3 is 1. The second kappa shape index (κ2) is 14.7. The van der Waals surface area contributed by atoms with Gasteiger partial charge in [-0.3, -0.25) is 0 Å². The van der Waals surface area contributed by atoms with Gasteiger partial charge in [0.2, 0.25) is 0 Å². The van der Waals surface area contributed by atoms with Crippen molar-refractivity contribution < 1.29 is 29.5 Å². The second-order valence-corrected chi connectivity index (χ2v) is 9.38. The lowest BCUT2D eigenvalue weighted by Gasteiger charge is -2.14. The van der Waals surface area contributed by atoms with E-state index in [-0.39, 0.29) is 19.0 Å². The Hall–Kier alpha value is -2.81. The molecule has 0 aliphatic carbocycles. The normalized spacial score (nSPS) is 12.3. The average molecular weight is 602 g/mol. The Morgan fingerprint density at radius 1 is 1.03 bits per heavy atom. The van der Waals surface area contributed by atoms with Crippen molar-refractivity contribution in [3.63, 3.8) is 0 Å². The Balaban J connectivity index is 1.65. The summed E-state index contributed by atoms with van der Waals surface area (Å²) >= 11 is 2.00. The molecule has 2 atom stereocenters. The predicted molar refractivity (Wildman–Crippen MR) is 147 cm³/mol. The molecule has 0 aromatic heterocycles. The summed E-state index contributed by atoms with van der Waals surface area (Å²) in [6.45, 7) is 0.853. The molecule has 3 N–H and O–H groups in total. The molecule has 0 amide bonds. The van der Waals surface area contributed by atoms with Crippen LogP contribution in [0.2, 0.25) is 0 Å². The molecule has 36 heavy (non-hydrogen) atoms. The molecule has 3 aromatic rings. The number of rotatable bonds is 13. The van der Waals surface area contributed by atoms with Gasteiger partial charge in [-0.25, -0.2) is 0 Å². The number of ether oxygens (including phenoxy) is 3. The second-order valence-electron chi connectivity index (χ2n) is 8.22. The highest BCUT2D eigenvalue weighted by Gasteiger charge is 2.14. The van der Waals surface area contributed by atoms with Crippen LogP contribution >= 0.6 is 22.6 Å². The van der Waals surface area contributed by atoms with Crippen LogP contribution in [0.5, 0.6) is 17.2 Å². The van der Waals surface area contributed by atoms with E-state index in [0.29, 0.717) is 34.3 Å². The maximum absolute atomic E-state index is 10.7. The zero-order valence-corrected chi connectivity index (χ0v) is 22.3. The minimum atomic E-state index is -0.809. The van der Waals surface area contributed by atoms with E-state index in [2.05, 4.69) is 5.73 Å². The summed E-state index contributed by atoms with van der Waals surface area (Å²) in [7, 11) is 1.47. The van der Waals surface area contributed by atoms with E-state index in [4.69, 9.17) is 14.2 Å². The van der Waals surface area contributed by atoms with E-state index >= 15 is 0 Å². The maximum atomic E-state index is 10.7. The zero-order valence-electron chi connectivity index (χ0n) is 20.1. The molecule has 0 unspecified atom stereocenters. The van der Waals surface area contributed by atoms with Gasteiger partial charge in [-0.2, -0.15) is 0 Å². The van der Waals surface area contributed by atoms with Gasteiger partial charge in [0.05, 0.1) is 36.1 Å². The van der Waals surface area contributed by atoms with Gasteiger partial charge in [-0.15, -0.1) is 5.73 Å². The molecule has 3 aromatic carbocycles. The van der Waals surface area contributed by atoms with E-state index in [9.17, 15) is 15.3 Å². The molecule has 190 valence electrons. The number of phenols is 1. The zero-order chi connectivity index (χ0) is 25.8. The van der Waals surface area contributed by atoms with Gasteiger partial charge < -0.3 is 29.5 Å². The van der Waals surface area contributed by atoms with Crippen LogP contribution in [0.4, 0.5) is 0 Å². The average Bonchev–Trinajstić information content (AvgIpc) is 2.89. The number of benzene rings is 3. The van der Waals surface area contributed by atoms with Crippen LogP contribution in [0.3, 0.4) is 0 Å². The van der Waals surface area contributed by atoms with Crippen molar-refractivity contribution >= 4 is 22.6 Å². The Labute approximate surface area is 225 Å². The van der Waals surface area contributed by atoms with Crippen LogP contribution in [-0.4, -0.2) is 41.7 Å². The molecule has 0 saturated carbocycles. The van der Waals surface area contributed by atoms with Gasteiger partial charge in [0.1, 0.15) is 12.4 Å². The van der Waals surface area contributed by atoms with E-state index in [1.165, 1.54) is 7.11 Å². The fourth-order valence-corrected chi connectivity index (χ4v) is 4.10. The number of para-hydroxylation sites is 1. The molecule has 0 spiro atoms. The monoisotopic (exact) mass is 602 g/mol. The molecule has 0 radical (unpaired) electrons. The molecule has 0 fully saturated rings. The Bertz CT molecular complexity index is 1140. The van der Waals surface area contributed by atoms with Gasteiger partial charge >= 0.3 is 0 Å². The van der Waals surface area contributed by atoms with Gasteiger partial charge in [0, 0.05) is 18.4 Å². The molecule has 7 heteroatoms. The Kier molecular flexibility index (Phi) is 11.3. The van der Waals surface area contributed by atoms with Gasteiger partial charge in [0.15, 0.2) is 11.5 Å². The number of aliphatic hydroxyl groups excluding tert-OH is 2. The topological polar surface area (TPSA) is 88.4 Å². The summed E-state index contributed by atoms with van der Waals surface area (Å²) in [5.74, 6) is 1.08. The lowest BCUT2D eigenvalue weighted by atomic mass is 10.0. The van der Waals surface area contributed by atoms with Crippen LogP contribution in [-0.2, 0) is 11.3 Å². The summed E-state index contributed by atoms with van der Waals surface area (Å²) in [5, 5.41) is 31.2. The van der Waals surface area contributed by atoms with Gasteiger partial charge in [0.25, 0.3) is 0 Å². The first kappa shape index (κ1) is 27.8. The van der Waals surface area contributed by atoms with Crippen LogP contribution < -0.4 is 9.47 Å². The third kappa shape index (κ3) is 9.00. The summed E-state index contributed by atoms with van der Waals surface area (Å²) in [6.07, 6.45) is 0.809. The first-order valence-corrected chi connectivity index (χ1v) is 12.7. The standard InChI is InChI=1S/C29H31IO6/c1-34-28-17-23(16-26(30)29(28)33)27(32)14-8-11-22(19-36-25-12-6-3-7-13-25)15-24(31)20-35-18-21-9-4-2-5-10-21/h2-10,12-13,16-17,24,27,31-33H,14-15,18-20H2,1H3/t11?,24-,27-/m1/s1. The smallest absolute Gasteiger partial charge is 0.171 e. The molecular weight excluding hydrogens is 571 g/mol. The summed E-state index contributed by atoms with van der Waals surface area (Å²) in [5.41, 5.74) is 5.61. The lowest BCUT2D eigenvalue weighted by Crippen LogP contribution is -2.18. The molecule has 0 bridgehead atoms. The van der Waals surface area contributed by atoms with E-state index < -0.39 is 12.2 Å². The Morgan fingerprint density at radius 3 is 2.42 bits per heavy atom. The predicted octanol–water partition coefficient (Wildman–Crippen LogP) is 5.56. The van der Waals surface area contributed by atoms with Crippen LogP contribution in [0.15, 0.2) is 90.2 Å². The number of phenolic OH excluding ortho intramolecular Hbond substituents is 1. The van der Waals surface area contributed by atoms with Crippen molar-refractivity contribution in [1.29, 1.82) is 0 Å². The van der Waals surface area contributed by atoms with E-state index in [1.807, 2.05) is 83.3 Å². The number of halogens is 1. The van der Waals surface area contributed by atoms with Crippen LogP contribution in [0, 0.1) is 3.57 Å². The fourth-order valence-electron chi connectivity index (χ4n) is 3.47. The quantitative estimate of drug-likeness (QED) is 0.176. The molecule has 0 heterocycles. The highest BCUT2D eigenvalue weighted by Crippen LogP contribution is 2.35. The number of aromatic hydroxyl groups is 1. The largest absolute Gasteiger partial charge is 0.504 e. The van der Waals surface area contributed by atoms with Crippen LogP contribution in [0.1, 0.15) is 30.1 Å². The molecule has 0 aliphatic rings. The Morgan fingerprint density at radius 2 is 1.72 bits per heavy atom. The van der Waals surface area contributed by atoms with Crippen molar-refractivity contribution in [1.82, 2.24) is 0 Å². The highest BCUT2D eigenvalue weighted by atomic mass is 127. The molecule has 0 aliphatic heterocycles. The summed E-state index contributed by atoms with van der Waals surface area (Å²) < 4.78 is 17.3. The molecule has 3 rings (SSSR count). The first-order chi connectivity index (χ1) is 17.5. The number of aliphatic hydroxyl groups is 2. The summed E-state index contributed by atoms with van der Waals surface area (Å²) in [4.78, 5) is 0. The van der Waals surface area contributed by atoms with Gasteiger partial charge in [-0.1, -0.05) is 48.5 Å². The first-order valence-electron chi connectivity index (χ1n) is 11.6. The van der Waals surface area contributed by atoms with E-state index in [1.54, 1.807) is 18.2 Å². The molecule has 6 nitrogen and oxygen atoms in total. The van der Waals surface area contributed by atoms with Crippen molar-refractivity contribution in [2.75, 3.05) is 20.3 Å². The molecule has 0 saturated heterocycles. The van der Waals surface area contributed by atoms with E-state index in [0.717, 1.165) is 16.9 Å². The molecular formula is C29H31IO6. The van der Waals surface area contributed by atoms with Crippen molar-refractivity contribution in [3.05, 3.63) is 105 Å². The number of hydrogen-bond acceptors (Lipinski definition) is 6. The third-order valence-corrected chi connectivity index (χ3v) is 6.19. The van der Waals surface area contributed by atoms with Crippen molar-refractivity contribution in [2.24, 2.45) is 0 Å². The maximum Gasteiger partial charge on any atom is 0.171 e. The highest BCUT2D eigenvalue weighted by molar-refractivity contribution is 14.1. The summed E-state index contributed by atoms with van der Waals surface area (Å²) in [6, 6.07) is 22.6. The van der Waals surface area contributed by atoms with Crippen molar-refractivity contribution in [3.8, 4) is 17.2 Å². The van der Waals surface area contributed by atoms with Gasteiger partial charge in [-0.05, 0) is 64.1 Å². The van der Waals surface area contributed by atoms with Crippen molar-refractivity contribution in [2.45, 2.75) is 31.7 Å². The lowest BCUT2D eigenvalue weighted by molar-refractivity contribution is 0.0280. The minimum Gasteiger partial charge on any atom is -0.504 e. The third-order valence-electron chi connectivity index (χ3n) is 5.36. The minimum absolute atomic E-state index is 0.0494. The fraction of sp³-hybridized carbons (Fsp3) is 0.276. The SMILES string of the molecule is COc1cc([C@H](O)CC=C=C(COc2ccccc2)C[C@@H](O)COCc2ccccc2)cc(I)c1O.